The Morgan fingerprint density at radius 2 is 1.82 bits per heavy atom. The minimum atomic E-state index is -0.101. The SMILES string of the molecule is CCC(C)N(Cc1ccccc1)C(=O)c1nnn(-c2ccc(OC)cc2)c1C. The van der Waals surface area contributed by atoms with Crippen molar-refractivity contribution in [1.82, 2.24) is 19.9 Å². The molecule has 0 saturated heterocycles. The number of hydrogen-bond acceptors (Lipinski definition) is 4. The van der Waals surface area contributed by atoms with Gasteiger partial charge in [-0.05, 0) is 50.1 Å². The Balaban J connectivity index is 1.89. The third-order valence-corrected chi connectivity index (χ3v) is 4.99. The first-order valence-electron chi connectivity index (χ1n) is 9.46. The molecule has 0 aliphatic rings. The van der Waals surface area contributed by atoms with Gasteiger partial charge in [0.25, 0.3) is 5.91 Å². The third-order valence-electron chi connectivity index (χ3n) is 4.99. The van der Waals surface area contributed by atoms with Crippen molar-refractivity contribution in [3.8, 4) is 11.4 Å². The van der Waals surface area contributed by atoms with E-state index in [0.717, 1.165) is 29.1 Å². The van der Waals surface area contributed by atoms with Crippen LogP contribution in [0.25, 0.3) is 5.69 Å². The Kier molecular flexibility index (Phi) is 6.09. The number of carbonyl (C=O) groups excluding carboxylic acids is 1. The van der Waals surface area contributed by atoms with E-state index in [9.17, 15) is 4.79 Å². The van der Waals surface area contributed by atoms with Crippen molar-refractivity contribution in [3.05, 3.63) is 71.5 Å². The van der Waals surface area contributed by atoms with Crippen molar-refractivity contribution in [3.63, 3.8) is 0 Å². The normalized spacial score (nSPS) is 11.9. The molecule has 1 amide bonds. The molecule has 0 fully saturated rings. The van der Waals surface area contributed by atoms with Crippen LogP contribution in [0.15, 0.2) is 54.6 Å². The van der Waals surface area contributed by atoms with Crippen molar-refractivity contribution in [2.45, 2.75) is 39.8 Å². The Hall–Kier alpha value is -3.15. The van der Waals surface area contributed by atoms with Crippen LogP contribution in [-0.4, -0.2) is 39.0 Å². The lowest BCUT2D eigenvalue weighted by Crippen LogP contribution is -2.38. The van der Waals surface area contributed by atoms with Gasteiger partial charge in [-0.1, -0.05) is 42.5 Å². The molecule has 1 heterocycles. The van der Waals surface area contributed by atoms with Gasteiger partial charge in [-0.25, -0.2) is 4.68 Å². The molecular formula is C22H26N4O2. The fraction of sp³-hybridized carbons (Fsp3) is 0.318. The highest BCUT2D eigenvalue weighted by Crippen LogP contribution is 2.20. The molecule has 3 aromatic rings. The first-order chi connectivity index (χ1) is 13.5. The van der Waals surface area contributed by atoms with E-state index in [1.165, 1.54) is 0 Å². The van der Waals surface area contributed by atoms with E-state index in [1.54, 1.807) is 11.8 Å². The highest BCUT2D eigenvalue weighted by atomic mass is 16.5. The minimum Gasteiger partial charge on any atom is -0.497 e. The maximum Gasteiger partial charge on any atom is 0.276 e. The molecular weight excluding hydrogens is 352 g/mol. The van der Waals surface area contributed by atoms with Gasteiger partial charge in [-0.15, -0.1) is 5.10 Å². The summed E-state index contributed by atoms with van der Waals surface area (Å²) in [6, 6.07) is 17.6. The van der Waals surface area contributed by atoms with Crippen molar-refractivity contribution < 1.29 is 9.53 Å². The Morgan fingerprint density at radius 3 is 2.43 bits per heavy atom. The van der Waals surface area contributed by atoms with Crippen molar-refractivity contribution in [2.75, 3.05) is 7.11 Å². The molecule has 0 aliphatic heterocycles. The minimum absolute atomic E-state index is 0.0956. The zero-order valence-corrected chi connectivity index (χ0v) is 16.8. The van der Waals surface area contributed by atoms with E-state index in [-0.39, 0.29) is 11.9 Å². The number of aromatic nitrogens is 3. The largest absolute Gasteiger partial charge is 0.497 e. The smallest absolute Gasteiger partial charge is 0.276 e. The summed E-state index contributed by atoms with van der Waals surface area (Å²) in [7, 11) is 1.63. The molecule has 1 unspecified atom stereocenters. The fourth-order valence-corrected chi connectivity index (χ4v) is 3.06. The molecule has 1 atom stereocenters. The van der Waals surface area contributed by atoms with E-state index in [2.05, 4.69) is 24.2 Å². The van der Waals surface area contributed by atoms with Crippen LogP contribution in [0.1, 0.15) is 42.0 Å². The fourth-order valence-electron chi connectivity index (χ4n) is 3.06. The summed E-state index contributed by atoms with van der Waals surface area (Å²) < 4.78 is 6.88. The monoisotopic (exact) mass is 378 g/mol. The second-order valence-electron chi connectivity index (χ2n) is 6.81. The molecule has 2 aromatic carbocycles. The molecule has 0 bridgehead atoms. The predicted molar refractivity (Wildman–Crippen MR) is 109 cm³/mol. The van der Waals surface area contributed by atoms with E-state index in [4.69, 9.17) is 4.74 Å². The average molecular weight is 378 g/mol. The van der Waals surface area contributed by atoms with E-state index >= 15 is 0 Å². The molecule has 3 rings (SSSR count). The number of methoxy groups -OCH3 is 1. The van der Waals surface area contributed by atoms with Crippen LogP contribution in [0.3, 0.4) is 0 Å². The zero-order chi connectivity index (χ0) is 20.1. The molecule has 1 aromatic heterocycles. The van der Waals surface area contributed by atoms with Crippen LogP contribution in [0.2, 0.25) is 0 Å². The zero-order valence-electron chi connectivity index (χ0n) is 16.8. The topological polar surface area (TPSA) is 60.2 Å². The molecule has 0 aliphatic carbocycles. The standard InChI is InChI=1S/C22H26N4O2/c1-5-16(2)25(15-18-9-7-6-8-10-18)22(27)21-17(3)26(24-23-21)19-11-13-20(28-4)14-12-19/h6-14,16H,5,15H2,1-4H3. The van der Waals surface area contributed by atoms with Crippen LogP contribution < -0.4 is 4.74 Å². The molecule has 6 heteroatoms. The number of ether oxygens (including phenoxy) is 1. The first kappa shape index (κ1) is 19.6. The lowest BCUT2D eigenvalue weighted by Gasteiger charge is -2.28. The van der Waals surface area contributed by atoms with E-state index < -0.39 is 0 Å². The van der Waals surface area contributed by atoms with Crippen LogP contribution in [-0.2, 0) is 6.54 Å². The van der Waals surface area contributed by atoms with Crippen LogP contribution >= 0.6 is 0 Å². The van der Waals surface area contributed by atoms with Crippen LogP contribution in [0.4, 0.5) is 0 Å². The number of carbonyl (C=O) groups is 1. The number of rotatable bonds is 7. The van der Waals surface area contributed by atoms with Gasteiger partial charge < -0.3 is 9.64 Å². The maximum absolute atomic E-state index is 13.3. The molecule has 0 saturated carbocycles. The lowest BCUT2D eigenvalue weighted by molar-refractivity contribution is 0.0664. The Labute approximate surface area is 165 Å². The van der Waals surface area contributed by atoms with Gasteiger partial charge in [0.05, 0.1) is 18.5 Å². The average Bonchev–Trinajstić information content (AvgIpc) is 3.13. The van der Waals surface area contributed by atoms with Gasteiger partial charge in [0.1, 0.15) is 5.75 Å². The number of benzene rings is 2. The molecule has 0 N–H and O–H groups in total. The van der Waals surface area contributed by atoms with Gasteiger partial charge in [0, 0.05) is 12.6 Å². The Morgan fingerprint density at radius 1 is 1.14 bits per heavy atom. The van der Waals surface area contributed by atoms with Gasteiger partial charge in [-0.2, -0.15) is 0 Å². The number of nitrogens with zero attached hydrogens (tertiary/aromatic N) is 4. The molecule has 28 heavy (non-hydrogen) atoms. The third kappa shape index (κ3) is 4.06. The van der Waals surface area contributed by atoms with Gasteiger partial charge in [0.15, 0.2) is 5.69 Å². The second-order valence-corrected chi connectivity index (χ2v) is 6.81. The van der Waals surface area contributed by atoms with Gasteiger partial charge in [-0.3, -0.25) is 4.79 Å². The van der Waals surface area contributed by atoms with Gasteiger partial charge >= 0.3 is 0 Å². The summed E-state index contributed by atoms with van der Waals surface area (Å²) in [6.07, 6.45) is 0.865. The molecule has 146 valence electrons. The van der Waals surface area contributed by atoms with Gasteiger partial charge in [0.2, 0.25) is 0 Å². The van der Waals surface area contributed by atoms with Crippen molar-refractivity contribution >= 4 is 5.91 Å². The highest BCUT2D eigenvalue weighted by molar-refractivity contribution is 5.93. The predicted octanol–water partition coefficient (Wildman–Crippen LogP) is 4.03. The maximum atomic E-state index is 13.3. The quantitative estimate of drug-likeness (QED) is 0.623. The summed E-state index contributed by atoms with van der Waals surface area (Å²) in [6.45, 7) is 6.55. The molecule has 0 spiro atoms. The summed E-state index contributed by atoms with van der Waals surface area (Å²) in [5.74, 6) is 0.666. The van der Waals surface area contributed by atoms with Crippen molar-refractivity contribution in [2.24, 2.45) is 0 Å². The van der Waals surface area contributed by atoms with Crippen LogP contribution in [0.5, 0.6) is 5.75 Å². The number of amides is 1. The first-order valence-corrected chi connectivity index (χ1v) is 9.46. The summed E-state index contributed by atoms with van der Waals surface area (Å²) in [5.41, 5.74) is 3.03. The second kappa shape index (κ2) is 8.69. The summed E-state index contributed by atoms with van der Waals surface area (Å²) in [4.78, 5) is 15.2. The number of hydrogen-bond donors (Lipinski definition) is 0. The molecule has 0 radical (unpaired) electrons. The van der Waals surface area contributed by atoms with E-state index in [1.807, 2.05) is 66.4 Å². The van der Waals surface area contributed by atoms with Crippen molar-refractivity contribution in [1.29, 1.82) is 0 Å². The lowest BCUT2D eigenvalue weighted by atomic mass is 10.1. The molecule has 6 nitrogen and oxygen atoms in total. The summed E-state index contributed by atoms with van der Waals surface area (Å²) in [5, 5.41) is 8.42. The van der Waals surface area contributed by atoms with E-state index in [0.29, 0.717) is 12.2 Å². The summed E-state index contributed by atoms with van der Waals surface area (Å²) >= 11 is 0. The van der Waals surface area contributed by atoms with Crippen LogP contribution in [0, 0.1) is 6.92 Å². The Bertz CT molecular complexity index is 919. The highest BCUT2D eigenvalue weighted by Gasteiger charge is 2.26.